The predicted molar refractivity (Wildman–Crippen MR) is 159 cm³/mol. The van der Waals surface area contributed by atoms with Gasteiger partial charge in [-0.05, 0) is 60.4 Å². The molecule has 0 radical (unpaired) electrons. The summed E-state index contributed by atoms with van der Waals surface area (Å²) in [5.74, 6) is 0.855. The number of hydrogen-bond donors (Lipinski definition) is 0. The van der Waals surface area contributed by atoms with Crippen molar-refractivity contribution in [3.05, 3.63) is 127 Å². The number of rotatable bonds is 9. The van der Waals surface area contributed by atoms with E-state index in [4.69, 9.17) is 14.1 Å². The Morgan fingerprint density at radius 2 is 1.51 bits per heavy atom. The summed E-state index contributed by atoms with van der Waals surface area (Å²) in [6.07, 6.45) is 6.04. The van der Waals surface area contributed by atoms with Gasteiger partial charge < -0.3 is 19.1 Å². The maximum Gasteiger partial charge on any atom is 0.223 e. The number of nitrogens with zero attached hydrogens (tertiary/aromatic N) is 1. The van der Waals surface area contributed by atoms with Crippen molar-refractivity contribution in [3.63, 3.8) is 0 Å². The molecule has 1 heterocycles. The first-order valence-corrected chi connectivity index (χ1v) is 14.0. The first-order valence-electron chi connectivity index (χ1n) is 14.0. The van der Waals surface area contributed by atoms with Gasteiger partial charge in [0.05, 0.1) is 5.97 Å². The fourth-order valence-corrected chi connectivity index (χ4v) is 5.57. The zero-order valence-corrected chi connectivity index (χ0v) is 22.7. The van der Waals surface area contributed by atoms with Gasteiger partial charge >= 0.3 is 0 Å². The van der Waals surface area contributed by atoms with Crippen molar-refractivity contribution in [2.24, 2.45) is 5.92 Å². The van der Waals surface area contributed by atoms with E-state index < -0.39 is 12.6 Å². The van der Waals surface area contributed by atoms with Crippen LogP contribution in [0.5, 0.6) is 5.75 Å². The van der Waals surface area contributed by atoms with Crippen molar-refractivity contribution in [2.45, 2.75) is 25.7 Å². The highest BCUT2D eigenvalue weighted by molar-refractivity contribution is 5.79. The van der Waals surface area contributed by atoms with Crippen LogP contribution in [0.2, 0.25) is 0 Å². The minimum absolute atomic E-state index is 0.175. The maximum absolute atomic E-state index is 11.0. The van der Waals surface area contributed by atoms with Gasteiger partial charge in [0.2, 0.25) is 5.89 Å². The van der Waals surface area contributed by atoms with Gasteiger partial charge in [0.25, 0.3) is 0 Å². The molecule has 1 atom stereocenters. The Kier molecular flexibility index (Phi) is 7.76. The molecule has 5 aromatic rings. The summed E-state index contributed by atoms with van der Waals surface area (Å²) in [4.78, 5) is 16.1. The van der Waals surface area contributed by atoms with Gasteiger partial charge in [-0.2, -0.15) is 0 Å². The Morgan fingerprint density at radius 1 is 0.854 bits per heavy atom. The Bertz CT molecular complexity index is 1600. The smallest absolute Gasteiger partial charge is 0.223 e. The van der Waals surface area contributed by atoms with Crippen molar-refractivity contribution >= 4 is 11.5 Å². The SMILES string of the molecule is O=C([O-])COc1ccc(-c2ccccc2)c(CC2CCCC=C2c2nc(-c3ccccc3)c(-c3ccccc3)o2)c1. The molecule has 0 amide bonds. The number of aliphatic carboxylic acids is 1. The van der Waals surface area contributed by atoms with E-state index in [1.165, 1.54) is 0 Å². The number of allylic oxidation sites excluding steroid dienone is 2. The number of carbonyl (C=O) groups is 1. The summed E-state index contributed by atoms with van der Waals surface area (Å²) in [5.41, 5.74) is 7.22. The number of ether oxygens (including phenoxy) is 1. The Labute approximate surface area is 239 Å². The van der Waals surface area contributed by atoms with Crippen molar-refractivity contribution in [2.75, 3.05) is 6.61 Å². The number of carboxylic acid groups (broad SMARTS) is 1. The summed E-state index contributed by atoms with van der Waals surface area (Å²) in [6.45, 7) is -0.487. The van der Waals surface area contributed by atoms with Crippen molar-refractivity contribution in [3.8, 4) is 39.5 Å². The molecule has 0 bridgehead atoms. The van der Waals surface area contributed by atoms with Gasteiger partial charge in [-0.25, -0.2) is 4.98 Å². The third-order valence-corrected chi connectivity index (χ3v) is 7.50. The molecule has 6 rings (SSSR count). The topological polar surface area (TPSA) is 75.4 Å². The molecule has 5 nitrogen and oxygen atoms in total. The van der Waals surface area contributed by atoms with E-state index in [2.05, 4.69) is 30.3 Å². The molecule has 0 N–H and O–H groups in total. The summed E-state index contributed by atoms with van der Waals surface area (Å²) in [7, 11) is 0. The molecule has 204 valence electrons. The number of aromatic nitrogens is 1. The summed E-state index contributed by atoms with van der Waals surface area (Å²) >= 11 is 0. The van der Waals surface area contributed by atoms with Crippen LogP contribution in [-0.2, 0) is 11.2 Å². The van der Waals surface area contributed by atoms with Crippen molar-refractivity contribution in [1.82, 2.24) is 4.98 Å². The number of oxazole rings is 1. The lowest BCUT2D eigenvalue weighted by Crippen LogP contribution is -2.28. The molecule has 41 heavy (non-hydrogen) atoms. The van der Waals surface area contributed by atoms with E-state index in [0.717, 1.165) is 70.5 Å². The standard InChI is InChI=1S/C36H31NO4/c38-33(39)24-40-30-20-21-31(25-12-4-1-5-13-25)29(23-30)22-28-18-10-11-19-32(28)36-37-34(26-14-6-2-7-15-26)35(41-36)27-16-8-3-9-17-27/h1-9,12-17,19-21,23,28H,10-11,18,22,24H2,(H,38,39)/p-1. The van der Waals surface area contributed by atoms with E-state index >= 15 is 0 Å². The van der Waals surface area contributed by atoms with E-state index in [0.29, 0.717) is 11.6 Å². The average Bonchev–Trinajstić information content (AvgIpc) is 3.47. The lowest BCUT2D eigenvalue weighted by Gasteiger charge is -2.24. The summed E-state index contributed by atoms with van der Waals surface area (Å²) in [6, 6.07) is 36.3. The minimum atomic E-state index is -1.25. The molecule has 1 aliphatic rings. The molecule has 0 fully saturated rings. The number of benzene rings is 4. The van der Waals surface area contributed by atoms with E-state index in [9.17, 15) is 9.90 Å². The van der Waals surface area contributed by atoms with Gasteiger partial charge in [0.15, 0.2) is 5.76 Å². The Hall–Kier alpha value is -4.90. The molecule has 0 aliphatic heterocycles. The van der Waals surface area contributed by atoms with E-state index in [1.54, 1.807) is 0 Å². The number of hydrogen-bond acceptors (Lipinski definition) is 5. The minimum Gasteiger partial charge on any atom is -0.546 e. The van der Waals surface area contributed by atoms with Gasteiger partial charge in [-0.1, -0.05) is 103 Å². The first-order chi connectivity index (χ1) is 20.2. The lowest BCUT2D eigenvalue weighted by molar-refractivity contribution is -0.307. The summed E-state index contributed by atoms with van der Waals surface area (Å²) in [5, 5.41) is 11.0. The van der Waals surface area contributed by atoms with Crippen LogP contribution in [0.3, 0.4) is 0 Å². The zero-order valence-electron chi connectivity index (χ0n) is 22.7. The second-order valence-corrected chi connectivity index (χ2v) is 10.3. The second kappa shape index (κ2) is 12.1. The molecule has 1 aromatic heterocycles. The molecule has 0 saturated carbocycles. The highest BCUT2D eigenvalue weighted by Gasteiger charge is 2.27. The molecule has 1 unspecified atom stereocenters. The first kappa shape index (κ1) is 26.3. The van der Waals surface area contributed by atoms with Crippen LogP contribution in [0.15, 0.2) is 120 Å². The largest absolute Gasteiger partial charge is 0.546 e. The van der Waals surface area contributed by atoms with Gasteiger partial charge in [-0.3, -0.25) is 0 Å². The normalized spacial score (nSPS) is 14.8. The van der Waals surface area contributed by atoms with Crippen LogP contribution < -0.4 is 9.84 Å². The third-order valence-electron chi connectivity index (χ3n) is 7.50. The molecule has 1 aliphatic carbocycles. The Morgan fingerprint density at radius 3 is 2.20 bits per heavy atom. The van der Waals surface area contributed by atoms with Crippen LogP contribution in [0.25, 0.3) is 39.3 Å². The maximum atomic E-state index is 11.0. The molecular weight excluding hydrogens is 510 g/mol. The van der Waals surface area contributed by atoms with Crippen LogP contribution in [0, 0.1) is 5.92 Å². The van der Waals surface area contributed by atoms with E-state index in [-0.39, 0.29) is 5.92 Å². The lowest BCUT2D eigenvalue weighted by atomic mass is 9.81. The number of carbonyl (C=O) groups excluding carboxylic acids is 1. The van der Waals surface area contributed by atoms with Gasteiger partial charge in [0.1, 0.15) is 18.1 Å². The summed E-state index contributed by atoms with van der Waals surface area (Å²) < 4.78 is 12.1. The molecule has 5 heteroatoms. The van der Waals surface area contributed by atoms with Crippen LogP contribution in [0.4, 0.5) is 0 Å². The van der Waals surface area contributed by atoms with E-state index in [1.807, 2.05) is 84.9 Å². The number of carboxylic acids is 1. The van der Waals surface area contributed by atoms with Crippen LogP contribution in [-0.4, -0.2) is 17.6 Å². The highest BCUT2D eigenvalue weighted by Crippen LogP contribution is 2.41. The molecule has 0 saturated heterocycles. The molecular formula is C36H30NO4-. The van der Waals surface area contributed by atoms with Crippen LogP contribution in [0.1, 0.15) is 30.7 Å². The zero-order chi connectivity index (χ0) is 28.0. The Balaban J connectivity index is 1.39. The van der Waals surface area contributed by atoms with Crippen molar-refractivity contribution < 1.29 is 19.1 Å². The van der Waals surface area contributed by atoms with Gasteiger partial charge in [0, 0.05) is 16.7 Å². The predicted octanol–water partition coefficient (Wildman–Crippen LogP) is 7.23. The van der Waals surface area contributed by atoms with Gasteiger partial charge in [-0.15, -0.1) is 0 Å². The highest BCUT2D eigenvalue weighted by atomic mass is 16.5. The fraction of sp³-hybridized carbons (Fsp3) is 0.167. The molecule has 4 aromatic carbocycles. The van der Waals surface area contributed by atoms with Crippen molar-refractivity contribution in [1.29, 1.82) is 0 Å². The van der Waals surface area contributed by atoms with Crippen LogP contribution >= 0.6 is 0 Å². The fourth-order valence-electron chi connectivity index (χ4n) is 5.57. The average molecular weight is 541 g/mol. The second-order valence-electron chi connectivity index (χ2n) is 10.3. The third kappa shape index (κ3) is 5.99. The monoisotopic (exact) mass is 540 g/mol. The molecule has 0 spiro atoms. The quantitative estimate of drug-likeness (QED) is 0.197.